The van der Waals surface area contributed by atoms with Crippen molar-refractivity contribution in [1.82, 2.24) is 0 Å². The van der Waals surface area contributed by atoms with E-state index in [0.29, 0.717) is 58.6 Å². The minimum absolute atomic E-state index is 0.00310. The minimum Gasteiger partial charge on any atom is -0.503 e. The van der Waals surface area contributed by atoms with Gasteiger partial charge in [0.1, 0.15) is 11.5 Å². The minimum atomic E-state index is -0.458. The molecule has 1 aromatic carbocycles. The molecule has 0 radical (unpaired) electrons. The zero-order valence-corrected chi connectivity index (χ0v) is 16.0. The van der Waals surface area contributed by atoms with Crippen LogP contribution in [-0.4, -0.2) is 23.8 Å². The molecule has 5 nitrogen and oxygen atoms in total. The zero-order valence-electron chi connectivity index (χ0n) is 14.4. The number of carbonyl (C=O) groups excluding carboxylic acids is 2. The first-order valence-corrected chi connectivity index (χ1v) is 9.57. The van der Waals surface area contributed by atoms with Crippen LogP contribution in [-0.2, 0) is 14.3 Å². The van der Waals surface area contributed by atoms with Gasteiger partial charge in [0.15, 0.2) is 23.1 Å². The van der Waals surface area contributed by atoms with Crippen molar-refractivity contribution in [3.8, 4) is 11.5 Å². The molecule has 3 aliphatic rings. The van der Waals surface area contributed by atoms with Crippen LogP contribution in [0.15, 0.2) is 39.3 Å². The quantitative estimate of drug-likeness (QED) is 0.775. The SMILES string of the molecule is COc1cc(C2C3=C(CCCC3=O)OC3=C2C(=O)CCC3)cc(Br)c1O. The van der Waals surface area contributed by atoms with E-state index in [1.54, 1.807) is 12.1 Å². The lowest BCUT2D eigenvalue weighted by Crippen LogP contribution is -2.30. The number of benzene rings is 1. The number of rotatable bonds is 2. The van der Waals surface area contributed by atoms with Crippen LogP contribution in [0.3, 0.4) is 0 Å². The average molecular weight is 419 g/mol. The van der Waals surface area contributed by atoms with Gasteiger partial charge < -0.3 is 14.6 Å². The normalized spacial score (nSPS) is 20.7. The Bertz CT molecular complexity index is 838. The summed E-state index contributed by atoms with van der Waals surface area (Å²) < 4.78 is 11.8. The van der Waals surface area contributed by atoms with Gasteiger partial charge >= 0.3 is 0 Å². The molecule has 6 heteroatoms. The fraction of sp³-hybridized carbons (Fsp3) is 0.400. The molecule has 0 spiro atoms. The Morgan fingerprint density at radius 3 is 2.15 bits per heavy atom. The first kappa shape index (κ1) is 17.3. The molecular weight excluding hydrogens is 400 g/mol. The monoisotopic (exact) mass is 418 g/mol. The smallest absolute Gasteiger partial charge is 0.172 e. The Labute approximate surface area is 159 Å². The number of Topliss-reactive ketones (excluding diaryl/α,β-unsaturated/α-hetero) is 2. The Kier molecular flexibility index (Phi) is 4.39. The fourth-order valence-corrected chi connectivity index (χ4v) is 4.53. The van der Waals surface area contributed by atoms with Crippen LogP contribution < -0.4 is 4.74 Å². The molecule has 0 amide bonds. The van der Waals surface area contributed by atoms with E-state index in [-0.39, 0.29) is 17.3 Å². The molecular formula is C20H19BrO5. The molecule has 1 aromatic rings. The van der Waals surface area contributed by atoms with Gasteiger partial charge in [0.2, 0.25) is 0 Å². The molecule has 0 aromatic heterocycles. The summed E-state index contributed by atoms with van der Waals surface area (Å²) in [7, 11) is 1.47. The second-order valence-corrected chi connectivity index (χ2v) is 7.67. The molecule has 0 bridgehead atoms. The summed E-state index contributed by atoms with van der Waals surface area (Å²) in [6.45, 7) is 0. The van der Waals surface area contributed by atoms with Crippen LogP contribution >= 0.6 is 15.9 Å². The van der Waals surface area contributed by atoms with Gasteiger partial charge in [-0.05, 0) is 46.5 Å². The van der Waals surface area contributed by atoms with Crippen molar-refractivity contribution >= 4 is 27.5 Å². The maximum absolute atomic E-state index is 12.7. The second-order valence-electron chi connectivity index (χ2n) is 6.82. The van der Waals surface area contributed by atoms with Crippen molar-refractivity contribution in [1.29, 1.82) is 0 Å². The number of phenolic OH excluding ortho intramolecular Hbond substituents is 1. The van der Waals surface area contributed by atoms with Gasteiger partial charge in [0, 0.05) is 42.7 Å². The van der Waals surface area contributed by atoms with Crippen LogP contribution in [0, 0.1) is 0 Å². The summed E-state index contributed by atoms with van der Waals surface area (Å²) in [5, 5.41) is 10.1. The third-order valence-electron chi connectivity index (χ3n) is 5.24. The van der Waals surface area contributed by atoms with Crippen molar-refractivity contribution in [3.63, 3.8) is 0 Å². The Hall–Kier alpha value is -2.08. The molecule has 2 aliphatic carbocycles. The molecule has 0 saturated heterocycles. The topological polar surface area (TPSA) is 72.8 Å². The third kappa shape index (κ3) is 2.67. The summed E-state index contributed by atoms with van der Waals surface area (Å²) in [6, 6.07) is 3.46. The van der Waals surface area contributed by atoms with E-state index in [1.807, 2.05) is 0 Å². The van der Waals surface area contributed by atoms with Crippen LogP contribution in [0.2, 0.25) is 0 Å². The Balaban J connectivity index is 1.94. The summed E-state index contributed by atoms with van der Waals surface area (Å²) in [5.74, 6) is 1.30. The van der Waals surface area contributed by atoms with Gasteiger partial charge in [-0.15, -0.1) is 0 Å². The van der Waals surface area contributed by atoms with Crippen molar-refractivity contribution in [2.45, 2.75) is 44.4 Å². The molecule has 136 valence electrons. The lowest BCUT2D eigenvalue weighted by atomic mass is 9.73. The van der Waals surface area contributed by atoms with Crippen molar-refractivity contribution in [2.75, 3.05) is 7.11 Å². The van der Waals surface area contributed by atoms with Gasteiger partial charge in [0.05, 0.1) is 11.6 Å². The molecule has 0 unspecified atom stereocenters. The van der Waals surface area contributed by atoms with E-state index >= 15 is 0 Å². The number of allylic oxidation sites excluding steroid dienone is 4. The summed E-state index contributed by atoms with van der Waals surface area (Å²) in [6.07, 6.45) is 3.88. The molecule has 0 saturated carbocycles. The van der Waals surface area contributed by atoms with Gasteiger partial charge in [-0.1, -0.05) is 0 Å². The predicted molar refractivity (Wildman–Crippen MR) is 98.0 cm³/mol. The van der Waals surface area contributed by atoms with Crippen LogP contribution in [0.4, 0.5) is 0 Å². The number of halogens is 1. The van der Waals surface area contributed by atoms with Crippen molar-refractivity contribution in [3.05, 3.63) is 44.8 Å². The number of phenols is 1. The highest BCUT2D eigenvalue weighted by Crippen LogP contribution is 2.49. The van der Waals surface area contributed by atoms with E-state index in [1.165, 1.54) is 7.11 Å². The number of hydrogen-bond donors (Lipinski definition) is 1. The second kappa shape index (κ2) is 6.58. The predicted octanol–water partition coefficient (Wildman–Crippen LogP) is 4.29. The number of aromatic hydroxyl groups is 1. The number of methoxy groups -OCH3 is 1. The van der Waals surface area contributed by atoms with Crippen LogP contribution in [0.1, 0.15) is 50.0 Å². The van der Waals surface area contributed by atoms with Crippen LogP contribution in [0.25, 0.3) is 0 Å². The van der Waals surface area contributed by atoms with Gasteiger partial charge in [-0.25, -0.2) is 0 Å². The Morgan fingerprint density at radius 2 is 1.62 bits per heavy atom. The molecule has 1 N–H and O–H groups in total. The van der Waals surface area contributed by atoms with Gasteiger partial charge in [-0.3, -0.25) is 9.59 Å². The molecule has 1 aliphatic heterocycles. The highest BCUT2D eigenvalue weighted by atomic mass is 79.9. The van der Waals surface area contributed by atoms with Gasteiger partial charge in [0.25, 0.3) is 0 Å². The van der Waals surface area contributed by atoms with E-state index in [0.717, 1.165) is 18.4 Å². The van der Waals surface area contributed by atoms with Crippen LogP contribution in [0.5, 0.6) is 11.5 Å². The van der Waals surface area contributed by atoms with E-state index in [4.69, 9.17) is 9.47 Å². The number of carbonyl (C=O) groups is 2. The van der Waals surface area contributed by atoms with E-state index in [9.17, 15) is 14.7 Å². The summed E-state index contributed by atoms with van der Waals surface area (Å²) in [4.78, 5) is 25.5. The number of ketones is 2. The molecule has 0 atom stereocenters. The molecule has 1 heterocycles. The van der Waals surface area contributed by atoms with E-state index in [2.05, 4.69) is 15.9 Å². The first-order valence-electron chi connectivity index (χ1n) is 8.78. The molecule has 26 heavy (non-hydrogen) atoms. The Morgan fingerprint density at radius 1 is 1.04 bits per heavy atom. The van der Waals surface area contributed by atoms with Gasteiger partial charge in [-0.2, -0.15) is 0 Å². The summed E-state index contributed by atoms with van der Waals surface area (Å²) >= 11 is 3.35. The third-order valence-corrected chi connectivity index (χ3v) is 5.85. The maximum Gasteiger partial charge on any atom is 0.172 e. The lowest BCUT2D eigenvalue weighted by molar-refractivity contribution is -0.117. The average Bonchev–Trinajstić information content (AvgIpc) is 2.63. The first-order chi connectivity index (χ1) is 12.5. The maximum atomic E-state index is 12.7. The number of hydrogen-bond acceptors (Lipinski definition) is 5. The van der Waals surface area contributed by atoms with Crippen molar-refractivity contribution < 1.29 is 24.2 Å². The highest BCUT2D eigenvalue weighted by Gasteiger charge is 2.42. The highest BCUT2D eigenvalue weighted by molar-refractivity contribution is 9.10. The van der Waals surface area contributed by atoms with E-state index < -0.39 is 5.92 Å². The fourth-order valence-electron chi connectivity index (χ4n) is 4.07. The number of ether oxygens (including phenoxy) is 2. The standard InChI is InChI=1S/C20H19BrO5/c1-25-16-9-10(8-11(21)20(16)24)17-18-12(22)4-2-6-14(18)26-15-7-3-5-13(23)19(15)17/h8-9,17,24H,2-7H2,1H3. The summed E-state index contributed by atoms with van der Waals surface area (Å²) in [5.41, 5.74) is 1.93. The zero-order chi connectivity index (χ0) is 18.4. The van der Waals surface area contributed by atoms with Crippen molar-refractivity contribution in [2.24, 2.45) is 0 Å². The largest absolute Gasteiger partial charge is 0.503 e. The molecule has 4 rings (SSSR count). The lowest BCUT2D eigenvalue weighted by Gasteiger charge is -2.36. The molecule has 0 fully saturated rings.